The molecule has 1 amide bonds. The van der Waals surface area contributed by atoms with E-state index in [1.54, 1.807) is 6.92 Å². The number of amides is 1. The van der Waals surface area contributed by atoms with E-state index in [4.69, 9.17) is 30.6 Å². The Morgan fingerprint density at radius 1 is 1.12 bits per heavy atom. The molecule has 8 N–H and O–H groups in total. The lowest BCUT2D eigenvalue weighted by Gasteiger charge is -2.23. The topological polar surface area (TPSA) is 164 Å². The summed E-state index contributed by atoms with van der Waals surface area (Å²) in [5.41, 5.74) is 4.61. The minimum Gasteiger partial charge on any atom is -0.397 e. The summed E-state index contributed by atoms with van der Waals surface area (Å²) in [5, 5.41) is 51.5. The van der Waals surface area contributed by atoms with E-state index < -0.39 is 36.9 Å². The molecule has 0 aromatic carbocycles. The molecule has 0 aromatic heterocycles. The monoisotopic (exact) mass is 241 g/mol. The Kier molecular flexibility index (Phi) is 10.4. The first-order chi connectivity index (χ1) is 7.33. The van der Waals surface area contributed by atoms with Crippen LogP contribution in [0.5, 0.6) is 0 Å². The van der Waals surface area contributed by atoms with Gasteiger partial charge < -0.3 is 36.4 Å². The van der Waals surface area contributed by atoms with Gasteiger partial charge in [-0.05, 0) is 6.92 Å². The molecule has 0 aliphatic rings. The summed E-state index contributed by atoms with van der Waals surface area (Å²) in [6, 6.07) is 0. The summed E-state index contributed by atoms with van der Waals surface area (Å²) >= 11 is 0. The molecule has 8 heteroatoms. The van der Waals surface area contributed by atoms with Gasteiger partial charge in [0.1, 0.15) is 18.3 Å². The molecule has 16 heavy (non-hydrogen) atoms. The first kappa shape index (κ1) is 17.6. The van der Waals surface area contributed by atoms with Crippen LogP contribution in [0.25, 0.3) is 0 Å². The van der Waals surface area contributed by atoms with Crippen LogP contribution in [-0.4, -0.2) is 74.2 Å². The van der Waals surface area contributed by atoms with E-state index in [0.29, 0.717) is 0 Å². The average Bonchev–Trinajstić information content (AvgIpc) is 2.25. The molecule has 4 unspecified atom stereocenters. The number of carbonyl (C=O) groups excluding carboxylic acids is 1. The molecule has 0 bridgehead atoms. The van der Waals surface area contributed by atoms with Gasteiger partial charge in [-0.25, -0.2) is 0 Å². The van der Waals surface area contributed by atoms with Crippen molar-refractivity contribution >= 4 is 5.91 Å². The molecular weight excluding hydrogens is 222 g/mol. The summed E-state index contributed by atoms with van der Waals surface area (Å²) in [7, 11) is 0. The van der Waals surface area contributed by atoms with Gasteiger partial charge in [0.25, 0.3) is 0 Å². The summed E-state index contributed by atoms with van der Waals surface area (Å²) < 4.78 is 0. The van der Waals surface area contributed by atoms with Crippen molar-refractivity contribution in [2.24, 2.45) is 5.73 Å². The van der Waals surface area contributed by atoms with E-state index in [0.717, 1.165) is 0 Å². The van der Waals surface area contributed by atoms with Crippen LogP contribution in [0.15, 0.2) is 0 Å². The predicted octanol–water partition coefficient (Wildman–Crippen LogP) is -4.09. The number of rotatable bonds is 5. The Morgan fingerprint density at radius 2 is 1.50 bits per heavy atom. The number of hydrogen-bond donors (Lipinski definition) is 7. The van der Waals surface area contributed by atoms with Gasteiger partial charge in [0.2, 0.25) is 5.91 Å². The number of nitrogens with two attached hydrogens (primary N) is 1. The molecule has 8 nitrogen and oxygen atoms in total. The number of aliphatic hydroxyl groups excluding tert-OH is 6. The quantitative estimate of drug-likeness (QED) is 0.257. The fourth-order valence-electron chi connectivity index (χ4n) is 0.691. The van der Waals surface area contributed by atoms with Crippen molar-refractivity contribution in [2.45, 2.75) is 31.3 Å². The second kappa shape index (κ2) is 9.46. The fourth-order valence-corrected chi connectivity index (χ4v) is 0.691. The van der Waals surface area contributed by atoms with Crippen molar-refractivity contribution in [3.63, 3.8) is 0 Å². The first-order valence-electron chi connectivity index (χ1n) is 4.56. The van der Waals surface area contributed by atoms with Crippen LogP contribution < -0.4 is 5.73 Å². The van der Waals surface area contributed by atoms with Crippen molar-refractivity contribution in [1.29, 1.82) is 0 Å². The van der Waals surface area contributed by atoms with Crippen LogP contribution in [0.4, 0.5) is 0 Å². The van der Waals surface area contributed by atoms with Crippen molar-refractivity contribution < 1.29 is 35.4 Å². The summed E-state index contributed by atoms with van der Waals surface area (Å²) in [6.45, 7) is 1.13. The Balaban J connectivity index is 0. The van der Waals surface area contributed by atoms with Gasteiger partial charge in [-0.1, -0.05) is 0 Å². The number of carbonyl (C=O) groups is 1. The van der Waals surface area contributed by atoms with E-state index in [9.17, 15) is 4.79 Å². The maximum atomic E-state index is 10.3. The largest absolute Gasteiger partial charge is 0.397 e. The van der Waals surface area contributed by atoms with Gasteiger partial charge in [0.05, 0.1) is 6.61 Å². The third-order valence-corrected chi connectivity index (χ3v) is 1.55. The van der Waals surface area contributed by atoms with Crippen LogP contribution in [-0.2, 0) is 4.79 Å². The van der Waals surface area contributed by atoms with Gasteiger partial charge in [-0.15, -0.1) is 0 Å². The summed E-state index contributed by atoms with van der Waals surface area (Å²) in [5.74, 6) is -1.23. The minimum absolute atomic E-state index is 0.250. The molecular formula is C8H19NO7. The van der Waals surface area contributed by atoms with Gasteiger partial charge in [-0.3, -0.25) is 4.79 Å². The Hall–Kier alpha value is -0.770. The molecule has 0 spiro atoms. The van der Waals surface area contributed by atoms with Crippen molar-refractivity contribution in [1.82, 2.24) is 0 Å². The lowest BCUT2D eigenvalue weighted by molar-refractivity contribution is -0.146. The van der Waals surface area contributed by atoms with E-state index in [1.807, 2.05) is 0 Å². The zero-order chi connectivity index (χ0) is 13.3. The molecule has 98 valence electrons. The summed E-state index contributed by atoms with van der Waals surface area (Å²) in [4.78, 5) is 10.3. The van der Waals surface area contributed by atoms with Crippen molar-refractivity contribution in [3.8, 4) is 0 Å². The van der Waals surface area contributed by atoms with Crippen molar-refractivity contribution in [2.75, 3.05) is 13.2 Å². The minimum atomic E-state index is -1.98. The van der Waals surface area contributed by atoms with Gasteiger partial charge in [-0.2, -0.15) is 0 Å². The second-order valence-corrected chi connectivity index (χ2v) is 2.89. The molecule has 0 saturated heterocycles. The summed E-state index contributed by atoms with van der Waals surface area (Å²) in [6.07, 6.45) is -7.35. The molecule has 0 radical (unpaired) electrons. The maximum Gasteiger partial charge on any atom is 0.249 e. The van der Waals surface area contributed by atoms with E-state index in [1.165, 1.54) is 0 Å². The number of aliphatic hydroxyl groups is 6. The van der Waals surface area contributed by atoms with Gasteiger partial charge in [0, 0.05) is 6.61 Å². The lowest BCUT2D eigenvalue weighted by atomic mass is 10.0. The Morgan fingerprint density at radius 3 is 1.75 bits per heavy atom. The molecule has 0 fully saturated rings. The standard InChI is InChI=1S/C6H13NO6.C2H6O/c7-6(13)5(12)4(11)3(10)2(9)1-8;1-2-3/h2-5,8-12H,1H2,(H2,7,13);3H,2H2,1H3. The lowest BCUT2D eigenvalue weighted by Crippen LogP contribution is -2.50. The Labute approximate surface area is 92.6 Å². The smallest absolute Gasteiger partial charge is 0.249 e. The highest BCUT2D eigenvalue weighted by Gasteiger charge is 2.32. The highest BCUT2D eigenvalue weighted by molar-refractivity contribution is 5.79. The van der Waals surface area contributed by atoms with E-state index >= 15 is 0 Å². The van der Waals surface area contributed by atoms with Gasteiger partial charge in [0.15, 0.2) is 6.10 Å². The second-order valence-electron chi connectivity index (χ2n) is 2.89. The fraction of sp³-hybridized carbons (Fsp3) is 0.875. The number of primary amides is 1. The van der Waals surface area contributed by atoms with E-state index in [-0.39, 0.29) is 6.61 Å². The van der Waals surface area contributed by atoms with Crippen LogP contribution in [0, 0.1) is 0 Å². The highest BCUT2D eigenvalue weighted by Crippen LogP contribution is 2.04. The van der Waals surface area contributed by atoms with E-state index in [2.05, 4.69) is 5.73 Å². The zero-order valence-corrected chi connectivity index (χ0v) is 8.89. The molecule has 4 atom stereocenters. The molecule has 0 saturated carbocycles. The number of hydrogen-bond acceptors (Lipinski definition) is 7. The van der Waals surface area contributed by atoms with Crippen LogP contribution in [0.3, 0.4) is 0 Å². The molecule has 0 aromatic rings. The maximum absolute atomic E-state index is 10.3. The van der Waals surface area contributed by atoms with Crippen LogP contribution >= 0.6 is 0 Å². The highest BCUT2D eigenvalue weighted by atomic mass is 16.4. The Bertz CT molecular complexity index is 189. The van der Waals surface area contributed by atoms with Gasteiger partial charge >= 0.3 is 0 Å². The SMILES string of the molecule is CCO.NC(=O)C(O)C(O)C(O)C(O)CO. The van der Waals surface area contributed by atoms with Crippen LogP contribution in [0.2, 0.25) is 0 Å². The third-order valence-electron chi connectivity index (χ3n) is 1.55. The zero-order valence-electron chi connectivity index (χ0n) is 8.89. The normalized spacial score (nSPS) is 17.7. The molecule has 0 aliphatic heterocycles. The third kappa shape index (κ3) is 6.67. The first-order valence-corrected chi connectivity index (χ1v) is 4.56. The molecule has 0 aliphatic carbocycles. The average molecular weight is 241 g/mol. The molecule has 0 rings (SSSR count). The predicted molar refractivity (Wildman–Crippen MR) is 53.1 cm³/mol. The van der Waals surface area contributed by atoms with Crippen molar-refractivity contribution in [3.05, 3.63) is 0 Å². The van der Waals surface area contributed by atoms with Crippen LogP contribution in [0.1, 0.15) is 6.92 Å². The molecule has 0 heterocycles.